The molecule has 0 radical (unpaired) electrons. The second-order valence-corrected chi connectivity index (χ2v) is 6.85. The van der Waals surface area contributed by atoms with Crippen molar-refractivity contribution in [2.24, 2.45) is 4.99 Å². The Balaban J connectivity index is 1.82. The predicted molar refractivity (Wildman–Crippen MR) is 110 cm³/mol. The van der Waals surface area contributed by atoms with Gasteiger partial charge >= 0.3 is 6.18 Å². The summed E-state index contributed by atoms with van der Waals surface area (Å²) in [5, 5.41) is 9.57. The molecule has 2 aromatic heterocycles. The number of rotatable bonds is 7. The average Bonchev–Trinajstić information content (AvgIpc) is 3.22. The molecule has 6 nitrogen and oxygen atoms in total. The van der Waals surface area contributed by atoms with Crippen molar-refractivity contribution in [3.05, 3.63) is 70.8 Å². The third-order valence-corrected chi connectivity index (χ3v) is 4.69. The lowest BCUT2D eigenvalue weighted by molar-refractivity contribution is -0.140. The first-order chi connectivity index (χ1) is 14.3. The summed E-state index contributed by atoms with van der Waals surface area (Å²) in [6.45, 7) is 4.19. The molecule has 0 saturated heterocycles. The molecule has 0 saturated carbocycles. The Hall–Kier alpha value is -3.20. The minimum absolute atomic E-state index is 0.217. The van der Waals surface area contributed by atoms with Crippen molar-refractivity contribution in [2.45, 2.75) is 12.6 Å². The Morgan fingerprint density at radius 3 is 2.73 bits per heavy atom. The Kier molecular flexibility index (Phi) is 6.51. The Morgan fingerprint density at radius 1 is 1.27 bits per heavy atom. The summed E-state index contributed by atoms with van der Waals surface area (Å²) in [7, 11) is 1.85. The number of hydrogen-bond acceptors (Lipinski definition) is 5. The van der Waals surface area contributed by atoms with Gasteiger partial charge in [-0.3, -0.25) is 9.98 Å². The lowest BCUT2D eigenvalue weighted by Gasteiger charge is -2.16. The van der Waals surface area contributed by atoms with E-state index >= 15 is 0 Å². The lowest BCUT2D eigenvalue weighted by Crippen LogP contribution is -2.15. The molecule has 2 heterocycles. The van der Waals surface area contributed by atoms with E-state index in [2.05, 4.69) is 26.9 Å². The molecule has 3 aromatic rings. The fourth-order valence-corrected chi connectivity index (χ4v) is 3.04. The fourth-order valence-electron chi connectivity index (χ4n) is 2.81. The number of hydrogen-bond donors (Lipinski definition) is 1. The molecular weight excluding hydrogens is 417 g/mol. The van der Waals surface area contributed by atoms with Crippen LogP contribution in [0.3, 0.4) is 0 Å². The van der Waals surface area contributed by atoms with Gasteiger partial charge in [0.15, 0.2) is 5.69 Å². The monoisotopic (exact) mass is 434 g/mol. The molecule has 0 unspecified atom stereocenters. The summed E-state index contributed by atoms with van der Waals surface area (Å²) >= 11 is 6.18. The van der Waals surface area contributed by atoms with Crippen molar-refractivity contribution >= 4 is 24.0 Å². The topological polar surface area (TPSA) is 70.1 Å². The highest BCUT2D eigenvalue weighted by molar-refractivity contribution is 6.31. The number of pyridine rings is 1. The van der Waals surface area contributed by atoms with E-state index in [1.807, 2.05) is 41.4 Å². The van der Waals surface area contributed by atoms with Crippen molar-refractivity contribution in [3.63, 3.8) is 0 Å². The normalized spacial score (nSPS) is 12.1. The van der Waals surface area contributed by atoms with Crippen LogP contribution in [-0.4, -0.2) is 45.6 Å². The van der Waals surface area contributed by atoms with Crippen LogP contribution in [0.4, 0.5) is 13.2 Å². The molecule has 0 aliphatic heterocycles. The van der Waals surface area contributed by atoms with Crippen molar-refractivity contribution in [3.8, 4) is 11.3 Å². The molecule has 3 rings (SSSR count). The number of aromatic nitrogens is 4. The Bertz CT molecular complexity index is 1060. The summed E-state index contributed by atoms with van der Waals surface area (Å²) in [4.78, 5) is 10.1. The molecule has 0 amide bonds. The highest BCUT2D eigenvalue weighted by Gasteiger charge is 2.38. The van der Waals surface area contributed by atoms with Gasteiger partial charge in [-0.25, -0.2) is 0 Å². The van der Waals surface area contributed by atoms with Crippen LogP contribution in [0.5, 0.6) is 0 Å². The Morgan fingerprint density at radius 2 is 2.03 bits per heavy atom. The lowest BCUT2D eigenvalue weighted by atomic mass is 10.1. The highest BCUT2D eigenvalue weighted by Crippen LogP contribution is 2.34. The number of likely N-dealkylation sites (N-methyl/N-ethyl adjacent to an activating group) is 1. The van der Waals surface area contributed by atoms with E-state index in [-0.39, 0.29) is 11.3 Å². The zero-order chi connectivity index (χ0) is 21.7. The van der Waals surface area contributed by atoms with Gasteiger partial charge < -0.3 is 4.90 Å². The molecule has 0 aliphatic carbocycles. The molecular formula is C20H18ClF3N6. The van der Waals surface area contributed by atoms with Crippen molar-refractivity contribution in [1.82, 2.24) is 25.3 Å². The summed E-state index contributed by atoms with van der Waals surface area (Å²) in [5.74, 6) is 0. The second kappa shape index (κ2) is 9.08. The van der Waals surface area contributed by atoms with E-state index < -0.39 is 11.9 Å². The number of halogens is 4. The molecule has 0 atom stereocenters. The summed E-state index contributed by atoms with van der Waals surface area (Å²) in [6, 6.07) is 10.5. The van der Waals surface area contributed by atoms with Crippen LogP contribution in [0.15, 0.2) is 53.8 Å². The number of nitrogens with zero attached hydrogens (tertiary/aromatic N) is 5. The van der Waals surface area contributed by atoms with Gasteiger partial charge in [0.25, 0.3) is 0 Å². The van der Waals surface area contributed by atoms with Gasteiger partial charge in [-0.1, -0.05) is 29.8 Å². The first-order valence-electron chi connectivity index (χ1n) is 8.86. The fraction of sp³-hybridized carbons (Fsp3) is 0.200. The SMILES string of the molecule is C=N/C(=C\N(C)CCc1ccccc1Cl)c1cc(-c2n[nH]nc2C(F)(F)F)ccn1. The van der Waals surface area contributed by atoms with Crippen LogP contribution < -0.4 is 0 Å². The maximum absolute atomic E-state index is 13.1. The standard InChI is InChI=1S/C20H18ClF3N6/c1-25-17(12-30(2)10-8-13-5-3-4-6-15(13)21)16-11-14(7-9-26-16)18-19(20(22,23)24)28-29-27-18/h3-7,9,11-12H,1,8,10H2,2H3,(H,27,28,29)/b17-12-. The van der Waals surface area contributed by atoms with E-state index in [0.717, 1.165) is 5.56 Å². The molecule has 0 fully saturated rings. The van der Waals surface area contributed by atoms with Gasteiger partial charge in [-0.05, 0) is 36.9 Å². The minimum Gasteiger partial charge on any atom is -0.378 e. The minimum atomic E-state index is -4.62. The average molecular weight is 435 g/mol. The second-order valence-electron chi connectivity index (χ2n) is 6.44. The van der Waals surface area contributed by atoms with Crippen LogP contribution in [0.2, 0.25) is 5.02 Å². The number of nitrogens with one attached hydrogen (secondary N) is 1. The number of aromatic amines is 1. The number of alkyl halides is 3. The highest BCUT2D eigenvalue weighted by atomic mass is 35.5. The van der Waals surface area contributed by atoms with E-state index in [4.69, 9.17) is 11.6 Å². The summed E-state index contributed by atoms with van der Waals surface area (Å²) < 4.78 is 39.4. The zero-order valence-corrected chi connectivity index (χ0v) is 16.7. The van der Waals surface area contributed by atoms with Crippen molar-refractivity contribution in [1.29, 1.82) is 0 Å². The smallest absolute Gasteiger partial charge is 0.378 e. The molecule has 1 aromatic carbocycles. The van der Waals surface area contributed by atoms with Crippen LogP contribution in [0.25, 0.3) is 17.0 Å². The largest absolute Gasteiger partial charge is 0.437 e. The van der Waals surface area contributed by atoms with Crippen LogP contribution in [0.1, 0.15) is 17.0 Å². The molecule has 30 heavy (non-hydrogen) atoms. The van der Waals surface area contributed by atoms with Gasteiger partial charge in [0, 0.05) is 36.6 Å². The van der Waals surface area contributed by atoms with Gasteiger partial charge in [-0.2, -0.15) is 28.6 Å². The van der Waals surface area contributed by atoms with Crippen LogP contribution >= 0.6 is 11.6 Å². The third kappa shape index (κ3) is 5.04. The number of benzene rings is 1. The van der Waals surface area contributed by atoms with Crippen molar-refractivity contribution < 1.29 is 13.2 Å². The van der Waals surface area contributed by atoms with Gasteiger partial charge in [0.1, 0.15) is 11.4 Å². The quantitative estimate of drug-likeness (QED) is 0.546. The van der Waals surface area contributed by atoms with Gasteiger partial charge in [0.05, 0.1) is 5.69 Å². The van der Waals surface area contributed by atoms with E-state index in [1.165, 1.54) is 18.3 Å². The molecule has 156 valence electrons. The summed E-state index contributed by atoms with van der Waals surface area (Å²) in [5.41, 5.74) is 0.613. The third-order valence-electron chi connectivity index (χ3n) is 4.32. The Labute approximate surface area is 176 Å². The molecule has 0 bridgehead atoms. The zero-order valence-electron chi connectivity index (χ0n) is 16.0. The molecule has 0 spiro atoms. The predicted octanol–water partition coefficient (Wildman–Crippen LogP) is 4.71. The molecule has 10 heteroatoms. The number of H-pyrrole nitrogens is 1. The number of aliphatic imine (C=N–C) groups is 1. The first-order valence-corrected chi connectivity index (χ1v) is 9.24. The molecule has 0 aliphatic rings. The summed E-state index contributed by atoms with van der Waals surface area (Å²) in [6.07, 6.45) is -0.801. The van der Waals surface area contributed by atoms with Gasteiger partial charge in [-0.15, -0.1) is 0 Å². The van der Waals surface area contributed by atoms with E-state index in [1.54, 1.807) is 6.20 Å². The molecule has 1 N–H and O–H groups in total. The maximum Gasteiger partial charge on any atom is 0.437 e. The van der Waals surface area contributed by atoms with E-state index in [9.17, 15) is 13.2 Å². The maximum atomic E-state index is 13.1. The first kappa shape index (κ1) is 21.5. The van der Waals surface area contributed by atoms with E-state index in [0.29, 0.717) is 29.4 Å². The van der Waals surface area contributed by atoms with Crippen LogP contribution in [-0.2, 0) is 12.6 Å². The van der Waals surface area contributed by atoms with Crippen molar-refractivity contribution in [2.75, 3.05) is 13.6 Å². The van der Waals surface area contributed by atoms with Gasteiger partial charge in [0.2, 0.25) is 0 Å². The van der Waals surface area contributed by atoms with Crippen LogP contribution in [0, 0.1) is 0 Å².